The van der Waals surface area contributed by atoms with Crippen LogP contribution < -0.4 is 4.90 Å². The number of hydrogen-bond donors (Lipinski definition) is 0. The fourth-order valence-electron chi connectivity index (χ4n) is 3.93. The van der Waals surface area contributed by atoms with Gasteiger partial charge in [-0.05, 0) is 36.8 Å². The van der Waals surface area contributed by atoms with E-state index in [-0.39, 0.29) is 36.2 Å². The van der Waals surface area contributed by atoms with Gasteiger partial charge < -0.3 is 9.64 Å². The molecule has 0 unspecified atom stereocenters. The van der Waals surface area contributed by atoms with Crippen molar-refractivity contribution < 1.29 is 27.5 Å². The largest absolute Gasteiger partial charge is 0.417 e. The molecule has 0 bridgehead atoms. The summed E-state index contributed by atoms with van der Waals surface area (Å²) in [5.41, 5.74) is 0.996. The van der Waals surface area contributed by atoms with E-state index in [9.17, 15) is 22.8 Å². The van der Waals surface area contributed by atoms with Crippen LogP contribution in [0.5, 0.6) is 0 Å². The molecule has 3 heterocycles. The number of hydrogen-bond acceptors (Lipinski definition) is 5. The minimum atomic E-state index is -4.60. The van der Waals surface area contributed by atoms with Crippen molar-refractivity contribution in [2.24, 2.45) is 0 Å². The molecule has 1 aliphatic heterocycles. The summed E-state index contributed by atoms with van der Waals surface area (Å²) in [4.78, 5) is 31.7. The molecular formula is C23H20ClF3N4O3. The molecule has 1 atom stereocenters. The van der Waals surface area contributed by atoms with E-state index in [2.05, 4.69) is 10.1 Å². The van der Waals surface area contributed by atoms with Crippen LogP contribution in [0, 0.1) is 0 Å². The highest BCUT2D eigenvalue weighted by molar-refractivity contribution is 6.31. The van der Waals surface area contributed by atoms with Gasteiger partial charge in [0.2, 0.25) is 0 Å². The van der Waals surface area contributed by atoms with E-state index < -0.39 is 22.7 Å². The number of fused-ring (bicyclic) bond motifs is 1. The third-order valence-electron chi connectivity index (χ3n) is 5.53. The first kappa shape index (κ1) is 23.9. The van der Waals surface area contributed by atoms with E-state index in [0.717, 1.165) is 17.7 Å². The first-order chi connectivity index (χ1) is 16.1. The van der Waals surface area contributed by atoms with Crippen molar-refractivity contribution in [2.45, 2.75) is 32.2 Å². The van der Waals surface area contributed by atoms with Crippen molar-refractivity contribution in [1.82, 2.24) is 14.8 Å². The van der Waals surface area contributed by atoms with Crippen LogP contribution in [0.25, 0.3) is 0 Å². The number of alkyl halides is 3. The average Bonchev–Trinajstić information content (AvgIpc) is 3.20. The van der Waals surface area contributed by atoms with Gasteiger partial charge in [0.25, 0.3) is 5.91 Å². The van der Waals surface area contributed by atoms with Gasteiger partial charge in [-0.25, -0.2) is 0 Å². The van der Waals surface area contributed by atoms with Crippen molar-refractivity contribution in [3.8, 4) is 0 Å². The fourth-order valence-corrected chi connectivity index (χ4v) is 4.22. The summed E-state index contributed by atoms with van der Waals surface area (Å²) in [6.45, 7) is 2.31. The SMILES string of the molecule is COCc1cncc(C(=O)Cc2cnn3c2C(=O)N(c2ccc(C(F)(F)F)c(Cl)c2)C[C@@H]3C)c1. The monoisotopic (exact) mass is 492 g/mol. The number of pyridine rings is 1. The Hall–Kier alpha value is -3.24. The van der Waals surface area contributed by atoms with Crippen LogP contribution in [-0.2, 0) is 23.9 Å². The summed E-state index contributed by atoms with van der Waals surface area (Å²) in [6.07, 6.45) is -0.181. The molecule has 1 aliphatic rings. The summed E-state index contributed by atoms with van der Waals surface area (Å²) in [5, 5.41) is 3.78. The van der Waals surface area contributed by atoms with E-state index in [4.69, 9.17) is 16.3 Å². The molecule has 178 valence electrons. The van der Waals surface area contributed by atoms with Gasteiger partial charge in [-0.2, -0.15) is 18.3 Å². The molecule has 34 heavy (non-hydrogen) atoms. The Morgan fingerprint density at radius 3 is 2.68 bits per heavy atom. The average molecular weight is 493 g/mol. The number of methoxy groups -OCH3 is 1. The lowest BCUT2D eigenvalue weighted by Gasteiger charge is -2.32. The van der Waals surface area contributed by atoms with Crippen LogP contribution in [0.1, 0.15) is 50.5 Å². The van der Waals surface area contributed by atoms with Gasteiger partial charge in [0, 0.05) is 49.3 Å². The highest BCUT2D eigenvalue weighted by Crippen LogP contribution is 2.38. The smallest absolute Gasteiger partial charge is 0.380 e. The number of carbonyl (C=O) groups excluding carboxylic acids is 2. The number of ether oxygens (including phenoxy) is 1. The van der Waals surface area contributed by atoms with Crippen LogP contribution >= 0.6 is 11.6 Å². The van der Waals surface area contributed by atoms with Crippen molar-refractivity contribution >= 4 is 29.0 Å². The number of rotatable bonds is 6. The summed E-state index contributed by atoms with van der Waals surface area (Å²) >= 11 is 5.86. The molecular weight excluding hydrogens is 473 g/mol. The predicted molar refractivity (Wildman–Crippen MR) is 118 cm³/mol. The van der Waals surface area contributed by atoms with Crippen molar-refractivity contribution in [3.05, 3.63) is 75.8 Å². The quantitative estimate of drug-likeness (QED) is 0.464. The maximum Gasteiger partial charge on any atom is 0.417 e. The minimum absolute atomic E-state index is 0.0898. The van der Waals surface area contributed by atoms with Gasteiger partial charge >= 0.3 is 6.18 Å². The van der Waals surface area contributed by atoms with Gasteiger partial charge in [0.15, 0.2) is 5.78 Å². The normalized spacial score (nSPS) is 16.0. The third-order valence-corrected chi connectivity index (χ3v) is 5.84. The topological polar surface area (TPSA) is 77.3 Å². The molecule has 1 aromatic carbocycles. The molecule has 0 spiro atoms. The lowest BCUT2D eigenvalue weighted by Crippen LogP contribution is -2.43. The number of nitrogens with zero attached hydrogens (tertiary/aromatic N) is 4. The van der Waals surface area contributed by atoms with Crippen LogP contribution in [0.15, 0.2) is 42.9 Å². The first-order valence-corrected chi connectivity index (χ1v) is 10.7. The Morgan fingerprint density at radius 1 is 1.24 bits per heavy atom. The Morgan fingerprint density at radius 2 is 2.00 bits per heavy atom. The zero-order valence-corrected chi connectivity index (χ0v) is 19.0. The number of aromatic nitrogens is 3. The molecule has 2 aromatic heterocycles. The molecule has 0 fully saturated rings. The lowest BCUT2D eigenvalue weighted by molar-refractivity contribution is -0.137. The second-order valence-electron chi connectivity index (χ2n) is 8.00. The number of carbonyl (C=O) groups is 2. The highest BCUT2D eigenvalue weighted by atomic mass is 35.5. The molecule has 0 aliphatic carbocycles. The summed E-state index contributed by atoms with van der Waals surface area (Å²) in [7, 11) is 1.54. The Labute approximate surface area is 198 Å². The Kier molecular flexibility index (Phi) is 6.46. The van der Waals surface area contributed by atoms with Gasteiger partial charge in [-0.3, -0.25) is 19.3 Å². The summed E-state index contributed by atoms with van der Waals surface area (Å²) in [6, 6.07) is 4.59. The Bertz CT molecular complexity index is 1260. The van der Waals surface area contributed by atoms with E-state index in [1.807, 2.05) is 6.92 Å². The van der Waals surface area contributed by atoms with Crippen LogP contribution in [0.2, 0.25) is 5.02 Å². The number of anilines is 1. The van der Waals surface area contributed by atoms with Crippen LogP contribution in [-0.4, -0.2) is 40.1 Å². The molecule has 1 amide bonds. The number of halogens is 4. The number of amides is 1. The standard InChI is InChI=1S/C23H20ClF3N4O3/c1-13-11-30(17-3-4-18(19(24)7-17)23(25,26)27)22(33)21-16(10-29-31(13)21)6-20(32)15-5-14(12-34-2)8-28-9-15/h3-5,7-10,13H,6,11-12H2,1-2H3/t13-/m0/s1. The number of benzene rings is 1. The molecule has 0 saturated heterocycles. The van der Waals surface area contributed by atoms with E-state index in [1.54, 1.807) is 12.3 Å². The summed E-state index contributed by atoms with van der Waals surface area (Å²) < 4.78 is 45.8. The van der Waals surface area contributed by atoms with Crippen molar-refractivity contribution in [2.75, 3.05) is 18.6 Å². The van der Waals surface area contributed by atoms with Gasteiger partial charge in [0.05, 0.1) is 29.4 Å². The summed E-state index contributed by atoms with van der Waals surface area (Å²) in [5.74, 6) is -0.725. The van der Waals surface area contributed by atoms with Gasteiger partial charge in [-0.1, -0.05) is 11.6 Å². The molecule has 4 rings (SSSR count). The molecule has 0 saturated carbocycles. The molecule has 0 N–H and O–H groups in total. The van der Waals surface area contributed by atoms with Crippen LogP contribution in [0.4, 0.5) is 18.9 Å². The van der Waals surface area contributed by atoms with E-state index >= 15 is 0 Å². The van der Waals surface area contributed by atoms with Crippen molar-refractivity contribution in [1.29, 1.82) is 0 Å². The maximum absolute atomic E-state index is 13.4. The zero-order valence-electron chi connectivity index (χ0n) is 18.3. The zero-order chi connectivity index (χ0) is 24.6. The number of Topliss-reactive ketones (excluding diaryl/α,β-unsaturated/α-hetero) is 1. The number of ketones is 1. The second kappa shape index (κ2) is 9.19. The molecule has 11 heteroatoms. The Balaban J connectivity index is 1.63. The highest BCUT2D eigenvalue weighted by Gasteiger charge is 2.36. The second-order valence-corrected chi connectivity index (χ2v) is 8.41. The van der Waals surface area contributed by atoms with Gasteiger partial charge in [0.1, 0.15) is 5.69 Å². The fraction of sp³-hybridized carbons (Fsp3) is 0.304. The maximum atomic E-state index is 13.4. The lowest BCUT2D eigenvalue weighted by atomic mass is 10.0. The predicted octanol–water partition coefficient (Wildman–Crippen LogP) is 4.74. The minimum Gasteiger partial charge on any atom is -0.380 e. The molecule has 3 aromatic rings. The molecule has 7 nitrogen and oxygen atoms in total. The van der Waals surface area contributed by atoms with Crippen LogP contribution in [0.3, 0.4) is 0 Å². The van der Waals surface area contributed by atoms with Gasteiger partial charge in [-0.15, -0.1) is 0 Å². The van der Waals surface area contributed by atoms with Crippen molar-refractivity contribution in [3.63, 3.8) is 0 Å². The molecule has 0 radical (unpaired) electrons. The van der Waals surface area contributed by atoms with E-state index in [0.29, 0.717) is 17.7 Å². The third kappa shape index (κ3) is 4.55. The first-order valence-electron chi connectivity index (χ1n) is 10.3. The van der Waals surface area contributed by atoms with E-state index in [1.165, 1.54) is 35.2 Å².